The van der Waals surface area contributed by atoms with Crippen LogP contribution in [0, 0.1) is 12.7 Å². The first-order valence-electron chi connectivity index (χ1n) is 7.80. The first kappa shape index (κ1) is 16.6. The third kappa shape index (κ3) is 4.17. The van der Waals surface area contributed by atoms with Gasteiger partial charge in [0.05, 0.1) is 0 Å². The number of anilines is 2. The highest BCUT2D eigenvalue weighted by Crippen LogP contribution is 2.15. The summed E-state index contributed by atoms with van der Waals surface area (Å²) in [5, 5.41) is 5.82. The van der Waals surface area contributed by atoms with Crippen LogP contribution < -0.4 is 10.6 Å². The maximum Gasteiger partial charge on any atom is 0.274 e. The van der Waals surface area contributed by atoms with Gasteiger partial charge >= 0.3 is 0 Å². The van der Waals surface area contributed by atoms with E-state index in [1.165, 1.54) is 18.5 Å². The summed E-state index contributed by atoms with van der Waals surface area (Å²) in [6.07, 6.45) is 1.30. The van der Waals surface area contributed by atoms with Crippen molar-refractivity contribution in [3.8, 4) is 0 Å². The van der Waals surface area contributed by atoms with Crippen LogP contribution in [0.1, 0.15) is 21.6 Å². The number of benzene rings is 2. The molecule has 1 heterocycles. The van der Waals surface area contributed by atoms with Crippen molar-refractivity contribution in [1.82, 2.24) is 9.97 Å². The SMILES string of the molecule is Cc1ccccc1NC(=O)c1cc(NCc2ccccc2F)ncn1. The lowest BCUT2D eigenvalue weighted by Crippen LogP contribution is -2.15. The number of rotatable bonds is 5. The number of hydrogen-bond acceptors (Lipinski definition) is 4. The Morgan fingerprint density at radius 1 is 1.08 bits per heavy atom. The molecule has 6 heteroatoms. The second kappa shape index (κ2) is 7.53. The van der Waals surface area contributed by atoms with Crippen molar-refractivity contribution in [1.29, 1.82) is 0 Å². The van der Waals surface area contributed by atoms with Crippen LogP contribution in [-0.2, 0) is 6.54 Å². The zero-order valence-corrected chi connectivity index (χ0v) is 13.7. The van der Waals surface area contributed by atoms with Crippen LogP contribution in [0.15, 0.2) is 60.9 Å². The normalized spacial score (nSPS) is 10.3. The fourth-order valence-electron chi connectivity index (χ4n) is 2.31. The van der Waals surface area contributed by atoms with Crippen molar-refractivity contribution in [2.24, 2.45) is 0 Å². The van der Waals surface area contributed by atoms with Crippen LogP contribution in [0.4, 0.5) is 15.9 Å². The highest BCUT2D eigenvalue weighted by molar-refractivity contribution is 6.03. The molecule has 0 radical (unpaired) electrons. The smallest absolute Gasteiger partial charge is 0.274 e. The lowest BCUT2D eigenvalue weighted by molar-refractivity contribution is 0.102. The number of amides is 1. The van der Waals surface area contributed by atoms with E-state index in [0.29, 0.717) is 11.4 Å². The number of para-hydroxylation sites is 1. The van der Waals surface area contributed by atoms with Gasteiger partial charge in [-0.25, -0.2) is 14.4 Å². The third-order valence-corrected chi connectivity index (χ3v) is 3.71. The van der Waals surface area contributed by atoms with Gasteiger partial charge in [-0.1, -0.05) is 36.4 Å². The Kier molecular flexibility index (Phi) is 4.99. The van der Waals surface area contributed by atoms with Gasteiger partial charge in [0.1, 0.15) is 23.7 Å². The predicted octanol–water partition coefficient (Wildman–Crippen LogP) is 3.79. The molecule has 25 heavy (non-hydrogen) atoms. The van der Waals surface area contributed by atoms with Crippen molar-refractivity contribution in [2.45, 2.75) is 13.5 Å². The van der Waals surface area contributed by atoms with Gasteiger partial charge in [0, 0.05) is 23.9 Å². The van der Waals surface area contributed by atoms with Crippen LogP contribution in [0.25, 0.3) is 0 Å². The molecule has 0 unspecified atom stereocenters. The number of nitrogens with one attached hydrogen (secondary N) is 2. The van der Waals surface area contributed by atoms with Crippen molar-refractivity contribution in [3.05, 3.63) is 83.6 Å². The molecule has 0 aliphatic carbocycles. The van der Waals surface area contributed by atoms with Gasteiger partial charge in [0.2, 0.25) is 0 Å². The van der Waals surface area contributed by atoms with Crippen LogP contribution in [0.5, 0.6) is 0 Å². The van der Waals surface area contributed by atoms with Crippen LogP contribution in [-0.4, -0.2) is 15.9 Å². The van der Waals surface area contributed by atoms with Gasteiger partial charge in [0.25, 0.3) is 5.91 Å². The summed E-state index contributed by atoms with van der Waals surface area (Å²) in [7, 11) is 0. The Labute approximate surface area is 145 Å². The Morgan fingerprint density at radius 3 is 2.64 bits per heavy atom. The molecule has 0 bridgehead atoms. The summed E-state index contributed by atoms with van der Waals surface area (Å²) >= 11 is 0. The minimum Gasteiger partial charge on any atom is -0.366 e. The average Bonchev–Trinajstić information content (AvgIpc) is 2.63. The minimum absolute atomic E-state index is 0.231. The molecule has 0 aliphatic rings. The van der Waals surface area contributed by atoms with Gasteiger partial charge < -0.3 is 10.6 Å². The van der Waals surface area contributed by atoms with E-state index >= 15 is 0 Å². The second-order valence-electron chi connectivity index (χ2n) is 5.50. The fourth-order valence-corrected chi connectivity index (χ4v) is 2.31. The van der Waals surface area contributed by atoms with Crippen molar-refractivity contribution in [3.63, 3.8) is 0 Å². The van der Waals surface area contributed by atoms with E-state index < -0.39 is 0 Å². The lowest BCUT2D eigenvalue weighted by Gasteiger charge is -2.09. The molecule has 0 saturated heterocycles. The molecule has 0 saturated carbocycles. The molecule has 1 aromatic heterocycles. The Balaban J connectivity index is 1.70. The van der Waals surface area contributed by atoms with E-state index in [1.54, 1.807) is 18.2 Å². The fraction of sp³-hybridized carbons (Fsp3) is 0.105. The van der Waals surface area contributed by atoms with Crippen molar-refractivity contribution < 1.29 is 9.18 Å². The van der Waals surface area contributed by atoms with Gasteiger partial charge in [-0.15, -0.1) is 0 Å². The molecule has 0 spiro atoms. The summed E-state index contributed by atoms with van der Waals surface area (Å²) in [6, 6.07) is 15.5. The number of nitrogens with zero attached hydrogens (tertiary/aromatic N) is 2. The topological polar surface area (TPSA) is 66.9 Å². The highest BCUT2D eigenvalue weighted by Gasteiger charge is 2.10. The Morgan fingerprint density at radius 2 is 1.84 bits per heavy atom. The molecular weight excluding hydrogens is 319 g/mol. The van der Waals surface area contributed by atoms with Gasteiger partial charge in [0.15, 0.2) is 0 Å². The van der Waals surface area contributed by atoms with E-state index in [2.05, 4.69) is 20.6 Å². The summed E-state index contributed by atoms with van der Waals surface area (Å²) in [6.45, 7) is 2.18. The summed E-state index contributed by atoms with van der Waals surface area (Å²) in [5.41, 5.74) is 2.44. The number of aryl methyl sites for hydroxylation is 1. The molecule has 0 aliphatic heterocycles. The average molecular weight is 336 g/mol. The lowest BCUT2D eigenvalue weighted by atomic mass is 10.2. The molecule has 0 fully saturated rings. The summed E-state index contributed by atoms with van der Waals surface area (Å²) in [4.78, 5) is 20.4. The standard InChI is InChI=1S/C19H17FN4O/c1-13-6-2-5-9-16(13)24-19(25)17-10-18(23-12-22-17)21-11-14-7-3-4-8-15(14)20/h2-10,12H,11H2,1H3,(H,24,25)(H,21,22,23). The molecule has 5 nitrogen and oxygen atoms in total. The van der Waals surface area contributed by atoms with Gasteiger partial charge in [-0.2, -0.15) is 0 Å². The zero-order chi connectivity index (χ0) is 17.6. The highest BCUT2D eigenvalue weighted by atomic mass is 19.1. The molecule has 3 rings (SSSR count). The first-order valence-corrected chi connectivity index (χ1v) is 7.80. The third-order valence-electron chi connectivity index (χ3n) is 3.71. The summed E-state index contributed by atoms with van der Waals surface area (Å²) < 4.78 is 13.6. The first-order chi connectivity index (χ1) is 12.1. The molecular formula is C19H17FN4O. The zero-order valence-electron chi connectivity index (χ0n) is 13.7. The molecule has 2 aromatic carbocycles. The minimum atomic E-state index is -0.328. The second-order valence-corrected chi connectivity index (χ2v) is 5.50. The maximum atomic E-state index is 13.6. The monoisotopic (exact) mass is 336 g/mol. The van der Waals surface area contributed by atoms with Gasteiger partial charge in [-0.3, -0.25) is 4.79 Å². The molecule has 3 aromatic rings. The predicted molar refractivity (Wildman–Crippen MR) is 94.9 cm³/mol. The molecule has 1 amide bonds. The van der Waals surface area contributed by atoms with E-state index in [-0.39, 0.29) is 24.0 Å². The summed E-state index contributed by atoms with van der Waals surface area (Å²) in [5.74, 6) is -0.166. The van der Waals surface area contributed by atoms with E-state index in [1.807, 2.05) is 31.2 Å². The quantitative estimate of drug-likeness (QED) is 0.744. The Hall–Kier alpha value is -3.28. The number of aromatic nitrogens is 2. The van der Waals surface area contributed by atoms with E-state index in [9.17, 15) is 9.18 Å². The van der Waals surface area contributed by atoms with Crippen LogP contribution in [0.2, 0.25) is 0 Å². The van der Waals surface area contributed by atoms with Gasteiger partial charge in [-0.05, 0) is 24.6 Å². The van der Waals surface area contributed by atoms with Crippen LogP contribution >= 0.6 is 0 Å². The molecule has 2 N–H and O–H groups in total. The number of halogens is 1. The van der Waals surface area contributed by atoms with Crippen molar-refractivity contribution in [2.75, 3.05) is 10.6 Å². The van der Waals surface area contributed by atoms with Crippen molar-refractivity contribution >= 4 is 17.4 Å². The van der Waals surface area contributed by atoms with Crippen LogP contribution in [0.3, 0.4) is 0 Å². The van der Waals surface area contributed by atoms with E-state index in [0.717, 1.165) is 11.3 Å². The molecule has 0 atom stereocenters. The number of hydrogen-bond donors (Lipinski definition) is 2. The molecule has 126 valence electrons. The number of carbonyl (C=O) groups excluding carboxylic acids is 1. The largest absolute Gasteiger partial charge is 0.366 e. The maximum absolute atomic E-state index is 13.6. The number of carbonyl (C=O) groups is 1. The Bertz CT molecular complexity index is 898. The van der Waals surface area contributed by atoms with E-state index in [4.69, 9.17) is 0 Å².